The maximum absolute atomic E-state index is 8.92. The smallest absolute Gasteiger partial charge is 0.115 e. The van der Waals surface area contributed by atoms with Gasteiger partial charge in [0.15, 0.2) is 0 Å². The molecular formula is C15H24O. The first-order valence-electron chi connectivity index (χ1n) is 6.50. The Labute approximate surface area is 99.5 Å². The molecule has 0 aromatic heterocycles. The van der Waals surface area contributed by atoms with Crippen LogP contribution >= 0.6 is 0 Å². The molecule has 0 amide bonds. The lowest BCUT2D eigenvalue weighted by Crippen LogP contribution is -1.79. The number of hydrogen-bond donors (Lipinski definition) is 1. The topological polar surface area (TPSA) is 20.2 Å². The van der Waals surface area contributed by atoms with E-state index in [1.54, 1.807) is 12.1 Å². The number of phenols is 1. The zero-order valence-electron chi connectivity index (χ0n) is 10.6. The summed E-state index contributed by atoms with van der Waals surface area (Å²) in [6.45, 7) is 4.49. The summed E-state index contributed by atoms with van der Waals surface area (Å²) < 4.78 is 0. The molecule has 0 heterocycles. The molecule has 1 aromatic rings. The molecule has 16 heavy (non-hydrogen) atoms. The summed E-state index contributed by atoms with van der Waals surface area (Å²) >= 11 is 0. The van der Waals surface area contributed by atoms with Crippen molar-refractivity contribution >= 4 is 0 Å². The Balaban J connectivity index is 0.000000181. The molecule has 90 valence electrons. The van der Waals surface area contributed by atoms with Crippen molar-refractivity contribution in [2.45, 2.75) is 52.4 Å². The van der Waals surface area contributed by atoms with Crippen LogP contribution in [0.2, 0.25) is 0 Å². The van der Waals surface area contributed by atoms with E-state index in [4.69, 9.17) is 5.11 Å². The minimum Gasteiger partial charge on any atom is -0.508 e. The van der Waals surface area contributed by atoms with Crippen LogP contribution in [0.3, 0.4) is 0 Å². The molecule has 0 radical (unpaired) electrons. The summed E-state index contributed by atoms with van der Waals surface area (Å²) in [6, 6.07) is 7.37. The fraction of sp³-hybridized carbons (Fsp3) is 0.600. The van der Waals surface area contributed by atoms with Gasteiger partial charge in [-0.05, 0) is 30.0 Å². The van der Waals surface area contributed by atoms with Crippen LogP contribution in [0.1, 0.15) is 51.5 Å². The molecule has 1 heteroatoms. The lowest BCUT2D eigenvalue weighted by molar-refractivity contribution is 0.475. The van der Waals surface area contributed by atoms with Crippen LogP contribution in [-0.2, 0) is 6.42 Å². The normalized spacial score (nSPS) is 15.6. The van der Waals surface area contributed by atoms with Crippen molar-refractivity contribution in [2.24, 2.45) is 5.92 Å². The summed E-state index contributed by atoms with van der Waals surface area (Å²) in [5.41, 5.74) is 1.29. The van der Waals surface area contributed by atoms with Crippen LogP contribution in [0.25, 0.3) is 0 Å². The maximum atomic E-state index is 8.92. The highest BCUT2D eigenvalue weighted by Crippen LogP contribution is 2.22. The van der Waals surface area contributed by atoms with Gasteiger partial charge in [-0.15, -0.1) is 0 Å². The number of aryl methyl sites for hydroxylation is 1. The van der Waals surface area contributed by atoms with Gasteiger partial charge in [-0.25, -0.2) is 0 Å². The zero-order valence-corrected chi connectivity index (χ0v) is 10.6. The SMILES string of the molecule is CC1CCCC1.CCCc1ccc(O)cc1. The van der Waals surface area contributed by atoms with Crippen molar-refractivity contribution in [2.75, 3.05) is 0 Å². The Morgan fingerprint density at radius 3 is 2.06 bits per heavy atom. The molecule has 0 spiro atoms. The second-order valence-electron chi connectivity index (χ2n) is 4.81. The molecule has 0 aliphatic heterocycles. The highest BCUT2D eigenvalue weighted by Gasteiger charge is 2.07. The van der Waals surface area contributed by atoms with E-state index in [1.807, 2.05) is 12.1 Å². The largest absolute Gasteiger partial charge is 0.508 e. The summed E-state index contributed by atoms with van der Waals surface area (Å²) in [4.78, 5) is 0. The summed E-state index contributed by atoms with van der Waals surface area (Å²) in [7, 11) is 0. The summed E-state index contributed by atoms with van der Waals surface area (Å²) in [6.07, 6.45) is 8.20. The van der Waals surface area contributed by atoms with Crippen molar-refractivity contribution in [3.05, 3.63) is 29.8 Å². The van der Waals surface area contributed by atoms with Gasteiger partial charge in [0.25, 0.3) is 0 Å². The van der Waals surface area contributed by atoms with Crippen LogP contribution in [-0.4, -0.2) is 5.11 Å². The average Bonchev–Trinajstić information content (AvgIpc) is 2.74. The number of hydrogen-bond acceptors (Lipinski definition) is 1. The van der Waals surface area contributed by atoms with Gasteiger partial charge in [0.2, 0.25) is 0 Å². The van der Waals surface area contributed by atoms with Crippen LogP contribution in [0.4, 0.5) is 0 Å². The molecule has 1 fully saturated rings. The number of rotatable bonds is 2. The monoisotopic (exact) mass is 220 g/mol. The van der Waals surface area contributed by atoms with Crippen molar-refractivity contribution in [1.29, 1.82) is 0 Å². The van der Waals surface area contributed by atoms with Crippen molar-refractivity contribution < 1.29 is 5.11 Å². The minimum atomic E-state index is 0.347. The highest BCUT2D eigenvalue weighted by atomic mass is 16.3. The predicted molar refractivity (Wildman–Crippen MR) is 69.7 cm³/mol. The van der Waals surface area contributed by atoms with Crippen molar-refractivity contribution in [3.63, 3.8) is 0 Å². The lowest BCUT2D eigenvalue weighted by Gasteiger charge is -1.96. The van der Waals surface area contributed by atoms with E-state index >= 15 is 0 Å². The van der Waals surface area contributed by atoms with E-state index in [0.717, 1.165) is 18.8 Å². The molecule has 0 unspecified atom stereocenters. The van der Waals surface area contributed by atoms with Gasteiger partial charge in [0.1, 0.15) is 5.75 Å². The quantitative estimate of drug-likeness (QED) is 0.775. The predicted octanol–water partition coefficient (Wildman–Crippen LogP) is 4.54. The molecular weight excluding hydrogens is 196 g/mol. The minimum absolute atomic E-state index is 0.347. The van der Waals surface area contributed by atoms with Crippen LogP contribution in [0, 0.1) is 5.92 Å². The second-order valence-corrected chi connectivity index (χ2v) is 4.81. The third-order valence-electron chi connectivity index (χ3n) is 3.12. The number of phenolic OH excluding ortho intramolecular Hbond substituents is 1. The lowest BCUT2D eigenvalue weighted by atomic mass is 10.1. The molecule has 1 saturated carbocycles. The fourth-order valence-electron chi connectivity index (χ4n) is 2.08. The fourth-order valence-corrected chi connectivity index (χ4v) is 2.08. The Morgan fingerprint density at radius 2 is 1.69 bits per heavy atom. The molecule has 0 bridgehead atoms. The van der Waals surface area contributed by atoms with E-state index in [9.17, 15) is 0 Å². The Bertz CT molecular complexity index is 270. The van der Waals surface area contributed by atoms with E-state index in [-0.39, 0.29) is 0 Å². The molecule has 0 atom stereocenters. The Morgan fingerprint density at radius 1 is 1.12 bits per heavy atom. The van der Waals surface area contributed by atoms with Crippen LogP contribution in [0.5, 0.6) is 5.75 Å². The van der Waals surface area contributed by atoms with E-state index < -0.39 is 0 Å². The molecule has 1 aliphatic carbocycles. The number of benzene rings is 1. The van der Waals surface area contributed by atoms with Crippen LogP contribution < -0.4 is 0 Å². The third-order valence-corrected chi connectivity index (χ3v) is 3.12. The molecule has 1 aliphatic rings. The first kappa shape index (κ1) is 13.1. The summed E-state index contributed by atoms with van der Waals surface area (Å²) in [5, 5.41) is 8.92. The Kier molecular flexibility index (Phi) is 5.99. The zero-order chi connectivity index (χ0) is 11.8. The molecule has 2 rings (SSSR count). The van der Waals surface area contributed by atoms with E-state index in [1.165, 1.54) is 31.2 Å². The molecule has 1 N–H and O–H groups in total. The first-order valence-corrected chi connectivity index (χ1v) is 6.50. The van der Waals surface area contributed by atoms with Gasteiger partial charge in [-0.2, -0.15) is 0 Å². The van der Waals surface area contributed by atoms with Crippen molar-refractivity contribution in [1.82, 2.24) is 0 Å². The van der Waals surface area contributed by atoms with Gasteiger partial charge in [0.05, 0.1) is 0 Å². The first-order chi connectivity index (χ1) is 7.72. The molecule has 1 aromatic carbocycles. The highest BCUT2D eigenvalue weighted by molar-refractivity contribution is 5.25. The second kappa shape index (κ2) is 7.32. The van der Waals surface area contributed by atoms with Gasteiger partial charge in [-0.3, -0.25) is 0 Å². The average molecular weight is 220 g/mol. The van der Waals surface area contributed by atoms with Crippen LogP contribution in [0.15, 0.2) is 24.3 Å². The van der Waals surface area contributed by atoms with Gasteiger partial charge in [0, 0.05) is 0 Å². The summed E-state index contributed by atoms with van der Waals surface area (Å²) in [5.74, 6) is 1.39. The third kappa shape index (κ3) is 5.20. The van der Waals surface area contributed by atoms with E-state index in [0.29, 0.717) is 5.75 Å². The van der Waals surface area contributed by atoms with Gasteiger partial charge >= 0.3 is 0 Å². The molecule has 1 nitrogen and oxygen atoms in total. The molecule has 0 saturated heterocycles. The van der Waals surface area contributed by atoms with E-state index in [2.05, 4.69) is 13.8 Å². The number of aromatic hydroxyl groups is 1. The van der Waals surface area contributed by atoms with Gasteiger partial charge < -0.3 is 5.11 Å². The Hall–Kier alpha value is -0.980. The standard InChI is InChI=1S/C9H12O.C6H12/c1-2-3-8-4-6-9(10)7-5-8;1-6-4-2-3-5-6/h4-7,10H,2-3H2,1H3;6H,2-5H2,1H3. The van der Waals surface area contributed by atoms with Gasteiger partial charge in [-0.1, -0.05) is 58.1 Å². The maximum Gasteiger partial charge on any atom is 0.115 e. The van der Waals surface area contributed by atoms with Crippen molar-refractivity contribution in [3.8, 4) is 5.75 Å².